The van der Waals surface area contributed by atoms with E-state index >= 15 is 0 Å². The Labute approximate surface area is 129 Å². The first-order valence-electron chi connectivity index (χ1n) is 6.62. The normalized spacial score (nSPS) is 20.8. The Balaban J connectivity index is 1.51. The van der Waals surface area contributed by atoms with Gasteiger partial charge in [-0.2, -0.15) is 0 Å². The second-order valence-corrected chi connectivity index (χ2v) is 6.87. The van der Waals surface area contributed by atoms with Gasteiger partial charge in [0.05, 0.1) is 22.9 Å². The molecule has 0 aliphatic heterocycles. The van der Waals surface area contributed by atoms with Crippen LogP contribution < -0.4 is 5.32 Å². The van der Waals surface area contributed by atoms with E-state index in [0.717, 1.165) is 15.6 Å². The van der Waals surface area contributed by atoms with Gasteiger partial charge in [0.2, 0.25) is 5.91 Å². The number of nitrogens with zero attached hydrogens (tertiary/aromatic N) is 1. The minimum atomic E-state index is -0.777. The summed E-state index contributed by atoms with van der Waals surface area (Å²) in [5.41, 5.74) is 0.759. The third kappa shape index (κ3) is 3.30. The number of thiophene rings is 1. The third-order valence-corrected chi connectivity index (χ3v) is 5.41. The number of amides is 1. The molecule has 0 atom stereocenters. The highest BCUT2D eigenvalue weighted by atomic mass is 32.1. The molecule has 3 rings (SSSR count). The van der Waals surface area contributed by atoms with E-state index in [9.17, 15) is 9.59 Å². The molecule has 2 N–H and O–H groups in total. The summed E-state index contributed by atoms with van der Waals surface area (Å²) in [5.74, 6) is -1.17. The molecular formula is C14H14N2O3S2. The molecule has 2 aromatic heterocycles. The summed E-state index contributed by atoms with van der Waals surface area (Å²) in [7, 11) is 0. The summed E-state index contributed by atoms with van der Waals surface area (Å²) in [6, 6.07) is 3.98. The van der Waals surface area contributed by atoms with Gasteiger partial charge < -0.3 is 10.4 Å². The maximum absolute atomic E-state index is 11.9. The maximum Gasteiger partial charge on any atom is 0.306 e. The Morgan fingerprint density at radius 3 is 2.86 bits per heavy atom. The Hall–Kier alpha value is -1.73. The highest BCUT2D eigenvalue weighted by Crippen LogP contribution is 2.29. The van der Waals surface area contributed by atoms with E-state index in [1.54, 1.807) is 11.3 Å². The number of carboxylic acids is 1. The van der Waals surface area contributed by atoms with Crippen LogP contribution in [0.5, 0.6) is 0 Å². The number of aliphatic carboxylic acids is 1. The van der Waals surface area contributed by atoms with Crippen LogP contribution in [0, 0.1) is 5.92 Å². The molecule has 1 amide bonds. The Bertz CT molecular complexity index is 645. The first kappa shape index (κ1) is 14.2. The first-order chi connectivity index (χ1) is 10.1. The average molecular weight is 322 g/mol. The quantitative estimate of drug-likeness (QED) is 0.886. The molecule has 1 aliphatic rings. The summed E-state index contributed by atoms with van der Waals surface area (Å²) in [6.07, 6.45) is 1.30. The molecule has 2 aromatic rings. The molecule has 21 heavy (non-hydrogen) atoms. The van der Waals surface area contributed by atoms with Crippen LogP contribution in [0.1, 0.15) is 18.5 Å². The van der Waals surface area contributed by atoms with Crippen LogP contribution in [0.2, 0.25) is 0 Å². The van der Waals surface area contributed by atoms with Gasteiger partial charge in [0.15, 0.2) is 0 Å². The molecule has 110 valence electrons. The number of thiazole rings is 1. The number of carboxylic acid groups (broad SMARTS) is 1. The van der Waals surface area contributed by atoms with Gasteiger partial charge in [0.25, 0.3) is 0 Å². The molecule has 0 unspecified atom stereocenters. The van der Waals surface area contributed by atoms with Crippen LogP contribution in [0.3, 0.4) is 0 Å². The van der Waals surface area contributed by atoms with Crippen LogP contribution >= 0.6 is 22.7 Å². The monoisotopic (exact) mass is 322 g/mol. The van der Waals surface area contributed by atoms with Crippen molar-refractivity contribution in [1.82, 2.24) is 10.3 Å². The number of hydrogen-bond acceptors (Lipinski definition) is 5. The predicted molar refractivity (Wildman–Crippen MR) is 81.4 cm³/mol. The molecule has 1 saturated carbocycles. The highest BCUT2D eigenvalue weighted by molar-refractivity contribution is 7.20. The summed E-state index contributed by atoms with van der Waals surface area (Å²) < 4.78 is 0. The minimum Gasteiger partial charge on any atom is -0.481 e. The van der Waals surface area contributed by atoms with Gasteiger partial charge in [-0.15, -0.1) is 22.7 Å². The zero-order valence-corrected chi connectivity index (χ0v) is 12.7. The van der Waals surface area contributed by atoms with E-state index in [4.69, 9.17) is 5.11 Å². The van der Waals surface area contributed by atoms with Crippen LogP contribution in [0.4, 0.5) is 0 Å². The molecule has 7 heteroatoms. The molecule has 0 saturated heterocycles. The van der Waals surface area contributed by atoms with Gasteiger partial charge >= 0.3 is 5.97 Å². The van der Waals surface area contributed by atoms with Gasteiger partial charge in [-0.3, -0.25) is 9.59 Å². The number of carbonyl (C=O) groups is 2. The molecule has 0 bridgehead atoms. The molecule has 5 nitrogen and oxygen atoms in total. The van der Waals surface area contributed by atoms with Crippen molar-refractivity contribution in [3.8, 4) is 9.88 Å². The smallest absolute Gasteiger partial charge is 0.306 e. The van der Waals surface area contributed by atoms with Gasteiger partial charge in [0, 0.05) is 11.4 Å². The van der Waals surface area contributed by atoms with Crippen molar-refractivity contribution in [1.29, 1.82) is 0 Å². The molecule has 1 aliphatic carbocycles. The lowest BCUT2D eigenvalue weighted by Gasteiger charge is -2.32. The van der Waals surface area contributed by atoms with Crippen molar-refractivity contribution < 1.29 is 14.7 Å². The number of aromatic nitrogens is 1. The second kappa shape index (κ2) is 5.95. The predicted octanol–water partition coefficient (Wildman–Crippen LogP) is 2.39. The zero-order valence-electron chi connectivity index (χ0n) is 11.1. The van der Waals surface area contributed by atoms with Crippen molar-refractivity contribution in [2.45, 2.75) is 25.3 Å². The topological polar surface area (TPSA) is 79.3 Å². The van der Waals surface area contributed by atoms with E-state index < -0.39 is 5.97 Å². The Morgan fingerprint density at radius 1 is 1.38 bits per heavy atom. The van der Waals surface area contributed by atoms with Gasteiger partial charge in [-0.1, -0.05) is 6.07 Å². The van der Waals surface area contributed by atoms with Crippen molar-refractivity contribution in [2.75, 3.05) is 0 Å². The SMILES string of the molecule is O=C(Cc1csc(-c2cccs2)n1)NC1CC(C(=O)O)C1. The van der Waals surface area contributed by atoms with E-state index in [-0.39, 0.29) is 24.3 Å². The Morgan fingerprint density at radius 2 is 2.19 bits per heavy atom. The largest absolute Gasteiger partial charge is 0.481 e. The number of hydrogen-bond donors (Lipinski definition) is 2. The fourth-order valence-corrected chi connectivity index (χ4v) is 3.92. The standard InChI is InChI=1S/C14H14N2O3S2/c17-12(15-9-4-8(5-9)14(18)19)6-10-7-21-13(16-10)11-2-1-3-20-11/h1-3,7-9H,4-6H2,(H,15,17)(H,18,19). The number of nitrogens with one attached hydrogen (secondary N) is 1. The minimum absolute atomic E-state index is 0.00555. The van der Waals surface area contributed by atoms with E-state index in [0.29, 0.717) is 12.8 Å². The van der Waals surface area contributed by atoms with Crippen molar-refractivity contribution >= 4 is 34.6 Å². The van der Waals surface area contributed by atoms with Crippen LogP contribution in [0.25, 0.3) is 9.88 Å². The van der Waals surface area contributed by atoms with Gasteiger partial charge in [-0.05, 0) is 24.3 Å². The van der Waals surface area contributed by atoms with Crippen molar-refractivity contribution in [3.05, 3.63) is 28.6 Å². The summed E-state index contributed by atoms with van der Waals surface area (Å²) in [4.78, 5) is 28.2. The van der Waals surface area contributed by atoms with Crippen LogP contribution in [0.15, 0.2) is 22.9 Å². The molecule has 0 spiro atoms. The van der Waals surface area contributed by atoms with Crippen LogP contribution in [-0.4, -0.2) is 28.0 Å². The first-order valence-corrected chi connectivity index (χ1v) is 8.38. The molecule has 2 heterocycles. The molecule has 0 radical (unpaired) electrons. The summed E-state index contributed by atoms with van der Waals surface area (Å²) in [5, 5.41) is 16.5. The molecule has 0 aromatic carbocycles. The van der Waals surface area contributed by atoms with Crippen molar-refractivity contribution in [3.63, 3.8) is 0 Å². The fourth-order valence-electron chi connectivity index (χ4n) is 2.28. The third-order valence-electron chi connectivity index (χ3n) is 3.48. The highest BCUT2D eigenvalue weighted by Gasteiger charge is 2.35. The van der Waals surface area contributed by atoms with E-state index in [1.807, 2.05) is 22.9 Å². The summed E-state index contributed by atoms with van der Waals surface area (Å²) >= 11 is 3.16. The average Bonchev–Trinajstić information content (AvgIpc) is 3.02. The number of rotatable bonds is 5. The zero-order chi connectivity index (χ0) is 14.8. The lowest BCUT2D eigenvalue weighted by atomic mass is 9.80. The van der Waals surface area contributed by atoms with Crippen molar-refractivity contribution in [2.24, 2.45) is 5.92 Å². The fraction of sp³-hybridized carbons (Fsp3) is 0.357. The summed E-state index contributed by atoms with van der Waals surface area (Å²) in [6.45, 7) is 0. The van der Waals surface area contributed by atoms with Gasteiger partial charge in [-0.25, -0.2) is 4.98 Å². The maximum atomic E-state index is 11.9. The lowest BCUT2D eigenvalue weighted by Crippen LogP contribution is -2.47. The molecular weight excluding hydrogens is 308 g/mol. The van der Waals surface area contributed by atoms with E-state index in [1.165, 1.54) is 11.3 Å². The van der Waals surface area contributed by atoms with E-state index in [2.05, 4.69) is 10.3 Å². The second-order valence-electron chi connectivity index (χ2n) is 5.07. The Kier molecular flexibility index (Phi) is 4.03. The molecule has 1 fully saturated rings. The lowest BCUT2D eigenvalue weighted by molar-refractivity contribution is -0.146. The van der Waals surface area contributed by atoms with Gasteiger partial charge in [0.1, 0.15) is 5.01 Å². The van der Waals surface area contributed by atoms with Crippen LogP contribution in [-0.2, 0) is 16.0 Å². The number of carbonyl (C=O) groups excluding carboxylic acids is 1.